The van der Waals surface area contributed by atoms with Gasteiger partial charge >= 0.3 is 12.0 Å². The van der Waals surface area contributed by atoms with Crippen LogP contribution in [0.3, 0.4) is 0 Å². The Morgan fingerprint density at radius 3 is 2.55 bits per heavy atom. The molecule has 0 fully saturated rings. The number of carbonyl (C=O) groups excluding carboxylic acids is 1. The molecule has 0 heterocycles. The molecule has 0 aliphatic carbocycles. The van der Waals surface area contributed by atoms with Gasteiger partial charge in [-0.3, -0.25) is 0 Å². The molecule has 0 saturated heterocycles. The van der Waals surface area contributed by atoms with Crippen molar-refractivity contribution in [1.29, 1.82) is 5.26 Å². The van der Waals surface area contributed by atoms with Crippen LogP contribution in [0.4, 0.5) is 10.5 Å². The van der Waals surface area contributed by atoms with E-state index >= 15 is 0 Å². The van der Waals surface area contributed by atoms with Crippen LogP contribution < -0.4 is 10.6 Å². The zero-order valence-electron chi connectivity index (χ0n) is 11.4. The summed E-state index contributed by atoms with van der Waals surface area (Å²) in [5.41, 5.74) is 0.666. The maximum atomic E-state index is 11.8. The van der Waals surface area contributed by atoms with E-state index < -0.39 is 18.0 Å². The van der Waals surface area contributed by atoms with Crippen molar-refractivity contribution in [3.05, 3.63) is 29.8 Å². The van der Waals surface area contributed by atoms with E-state index in [1.807, 2.05) is 19.9 Å². The molecule has 3 N–H and O–H groups in total. The van der Waals surface area contributed by atoms with Crippen molar-refractivity contribution in [3.63, 3.8) is 0 Å². The number of carboxylic acid groups (broad SMARTS) is 1. The Balaban J connectivity index is 2.71. The van der Waals surface area contributed by atoms with Crippen LogP contribution in [0.5, 0.6) is 0 Å². The van der Waals surface area contributed by atoms with Gasteiger partial charge in [-0.05, 0) is 24.5 Å². The van der Waals surface area contributed by atoms with Gasteiger partial charge in [-0.15, -0.1) is 0 Å². The van der Waals surface area contributed by atoms with Gasteiger partial charge in [0.2, 0.25) is 0 Å². The first-order chi connectivity index (χ1) is 9.43. The number of hydrogen-bond donors (Lipinski definition) is 3. The van der Waals surface area contributed by atoms with Gasteiger partial charge in [-0.1, -0.05) is 26.0 Å². The monoisotopic (exact) mass is 275 g/mol. The van der Waals surface area contributed by atoms with E-state index in [9.17, 15) is 9.59 Å². The van der Waals surface area contributed by atoms with Crippen LogP contribution in [0.2, 0.25) is 0 Å². The topological polar surface area (TPSA) is 102 Å². The third-order valence-corrected chi connectivity index (χ3v) is 2.61. The summed E-state index contributed by atoms with van der Waals surface area (Å²) in [7, 11) is 0. The van der Waals surface area contributed by atoms with Crippen LogP contribution in [0.15, 0.2) is 24.3 Å². The predicted molar refractivity (Wildman–Crippen MR) is 74.2 cm³/mol. The summed E-state index contributed by atoms with van der Waals surface area (Å²) in [5.74, 6) is -0.940. The molecule has 20 heavy (non-hydrogen) atoms. The Morgan fingerprint density at radius 2 is 2.00 bits per heavy atom. The van der Waals surface area contributed by atoms with Crippen molar-refractivity contribution in [1.82, 2.24) is 5.32 Å². The summed E-state index contributed by atoms with van der Waals surface area (Å²) in [5, 5.41) is 22.8. The predicted octanol–water partition coefficient (Wildman–Crippen LogP) is 2.18. The van der Waals surface area contributed by atoms with Crippen LogP contribution >= 0.6 is 0 Å². The molecule has 1 aromatic rings. The maximum Gasteiger partial charge on any atom is 0.326 e. The summed E-state index contributed by atoms with van der Waals surface area (Å²) >= 11 is 0. The Kier molecular flexibility index (Phi) is 5.54. The number of carbonyl (C=O) groups is 2. The SMILES string of the molecule is CC(C)C[C@H](NC(=O)Nc1ccccc1C#N)C(=O)O. The molecule has 1 rings (SSSR count). The van der Waals surface area contributed by atoms with Gasteiger partial charge in [-0.2, -0.15) is 5.26 Å². The molecule has 6 heteroatoms. The molecule has 0 aromatic heterocycles. The first-order valence-corrected chi connectivity index (χ1v) is 6.23. The fraction of sp³-hybridized carbons (Fsp3) is 0.357. The molecule has 2 amide bonds. The number of nitriles is 1. The molecule has 0 unspecified atom stereocenters. The number of urea groups is 1. The second-order valence-corrected chi connectivity index (χ2v) is 4.78. The minimum Gasteiger partial charge on any atom is -0.480 e. The normalized spacial score (nSPS) is 11.5. The number of benzene rings is 1. The lowest BCUT2D eigenvalue weighted by atomic mass is 10.0. The summed E-state index contributed by atoms with van der Waals surface area (Å²) in [6.07, 6.45) is 0.336. The second kappa shape index (κ2) is 7.14. The molecule has 0 radical (unpaired) electrons. The van der Waals surface area contributed by atoms with Crippen molar-refractivity contribution in [2.45, 2.75) is 26.3 Å². The van der Waals surface area contributed by atoms with Crippen molar-refractivity contribution in [2.75, 3.05) is 5.32 Å². The molecule has 106 valence electrons. The molecule has 0 saturated carbocycles. The number of rotatable bonds is 5. The number of anilines is 1. The van der Waals surface area contributed by atoms with Crippen molar-refractivity contribution >= 4 is 17.7 Å². The largest absolute Gasteiger partial charge is 0.480 e. The van der Waals surface area contributed by atoms with E-state index in [2.05, 4.69) is 10.6 Å². The number of hydrogen-bond acceptors (Lipinski definition) is 3. The average molecular weight is 275 g/mol. The summed E-state index contributed by atoms with van der Waals surface area (Å²) in [4.78, 5) is 22.8. The van der Waals surface area contributed by atoms with Gasteiger partial charge in [0.15, 0.2) is 0 Å². The van der Waals surface area contributed by atoms with E-state index in [4.69, 9.17) is 10.4 Å². The first-order valence-electron chi connectivity index (χ1n) is 6.23. The van der Waals surface area contributed by atoms with Crippen molar-refractivity contribution in [3.8, 4) is 6.07 Å². The van der Waals surface area contributed by atoms with Gasteiger partial charge < -0.3 is 15.7 Å². The van der Waals surface area contributed by atoms with Crippen LogP contribution in [-0.2, 0) is 4.79 Å². The van der Waals surface area contributed by atoms with Gasteiger partial charge in [0, 0.05) is 0 Å². The second-order valence-electron chi connectivity index (χ2n) is 4.78. The Hall–Kier alpha value is -2.55. The lowest BCUT2D eigenvalue weighted by molar-refractivity contribution is -0.139. The molecule has 0 spiro atoms. The van der Waals surface area contributed by atoms with Gasteiger partial charge in [-0.25, -0.2) is 9.59 Å². The summed E-state index contributed by atoms with van der Waals surface area (Å²) < 4.78 is 0. The molecule has 1 aromatic carbocycles. The fourth-order valence-corrected chi connectivity index (χ4v) is 1.70. The van der Waals surface area contributed by atoms with E-state index in [0.29, 0.717) is 17.7 Å². The Bertz CT molecular complexity index is 535. The first kappa shape index (κ1) is 15.5. The van der Waals surface area contributed by atoms with Crippen LogP contribution in [0.1, 0.15) is 25.8 Å². The number of amides is 2. The number of aliphatic carboxylic acids is 1. The molecule has 0 aliphatic heterocycles. The van der Waals surface area contributed by atoms with Gasteiger partial charge in [0.1, 0.15) is 12.1 Å². The molecule has 6 nitrogen and oxygen atoms in total. The summed E-state index contributed by atoms with van der Waals surface area (Å²) in [6.45, 7) is 3.75. The van der Waals surface area contributed by atoms with E-state index in [1.54, 1.807) is 24.3 Å². The fourth-order valence-electron chi connectivity index (χ4n) is 1.70. The lowest BCUT2D eigenvalue weighted by Gasteiger charge is -2.17. The van der Waals surface area contributed by atoms with E-state index in [-0.39, 0.29) is 5.92 Å². The van der Waals surface area contributed by atoms with Gasteiger partial charge in [0.25, 0.3) is 0 Å². The quantitative estimate of drug-likeness (QED) is 0.766. The smallest absolute Gasteiger partial charge is 0.326 e. The highest BCUT2D eigenvalue weighted by Crippen LogP contribution is 2.13. The highest BCUT2D eigenvalue weighted by atomic mass is 16.4. The highest BCUT2D eigenvalue weighted by molar-refractivity contribution is 5.93. The number of carboxylic acids is 1. The molecule has 0 bridgehead atoms. The standard InChI is InChI=1S/C14H17N3O3/c1-9(2)7-12(13(18)19)17-14(20)16-11-6-4-3-5-10(11)8-15/h3-6,9,12H,7H2,1-2H3,(H,18,19)(H2,16,17,20)/t12-/m0/s1. The number of nitrogens with one attached hydrogen (secondary N) is 2. The molecular formula is C14H17N3O3. The summed E-state index contributed by atoms with van der Waals surface area (Å²) in [6, 6.07) is 6.87. The highest BCUT2D eigenvalue weighted by Gasteiger charge is 2.21. The zero-order chi connectivity index (χ0) is 15.1. The Labute approximate surface area is 117 Å². The zero-order valence-corrected chi connectivity index (χ0v) is 11.4. The average Bonchev–Trinajstić information content (AvgIpc) is 2.37. The maximum absolute atomic E-state index is 11.8. The minimum atomic E-state index is -1.08. The third-order valence-electron chi connectivity index (χ3n) is 2.61. The minimum absolute atomic E-state index is 0.141. The van der Waals surface area contributed by atoms with Crippen molar-refractivity contribution < 1.29 is 14.7 Å². The lowest BCUT2D eigenvalue weighted by Crippen LogP contribution is -2.43. The molecular weight excluding hydrogens is 258 g/mol. The molecule has 0 aliphatic rings. The Morgan fingerprint density at radius 1 is 1.35 bits per heavy atom. The molecule has 1 atom stereocenters. The van der Waals surface area contributed by atoms with E-state index in [1.165, 1.54) is 0 Å². The van der Waals surface area contributed by atoms with Crippen molar-refractivity contribution in [2.24, 2.45) is 5.92 Å². The van der Waals surface area contributed by atoms with Gasteiger partial charge in [0.05, 0.1) is 11.3 Å². The van der Waals surface area contributed by atoms with Crippen LogP contribution in [0, 0.1) is 17.2 Å². The number of para-hydroxylation sites is 1. The van der Waals surface area contributed by atoms with Crippen LogP contribution in [0.25, 0.3) is 0 Å². The third kappa shape index (κ3) is 4.61. The van der Waals surface area contributed by atoms with Crippen LogP contribution in [-0.4, -0.2) is 23.1 Å². The van der Waals surface area contributed by atoms with E-state index in [0.717, 1.165) is 0 Å². The number of nitrogens with zero attached hydrogens (tertiary/aromatic N) is 1.